The number of benzene rings is 4. The molecule has 9 rings (SSSR count). The second-order valence-corrected chi connectivity index (χ2v) is 24.9. The van der Waals surface area contributed by atoms with Crippen LogP contribution in [0.25, 0.3) is 39.4 Å². The first-order chi connectivity index (χ1) is 37.4. The van der Waals surface area contributed by atoms with Crippen LogP contribution in [0.2, 0.25) is 5.02 Å². The molecular formula is C63H72ClFNO12P. The molecule has 4 aromatic carbocycles. The van der Waals surface area contributed by atoms with Crippen LogP contribution in [0, 0.1) is 11.7 Å². The van der Waals surface area contributed by atoms with Crippen molar-refractivity contribution in [3.05, 3.63) is 146 Å². The topological polar surface area (TPSA) is 163 Å². The van der Waals surface area contributed by atoms with E-state index in [0.717, 1.165) is 85.2 Å². The molecule has 0 radical (unpaired) electrons. The molecule has 3 aliphatic carbocycles. The molecule has 13 nitrogen and oxygen atoms in total. The number of hydrogen-bond acceptors (Lipinski definition) is 12. The highest BCUT2D eigenvalue weighted by Gasteiger charge is 2.35. The Labute approximate surface area is 468 Å². The number of carbonyl (C=O) groups is 5. The first-order valence-electron chi connectivity index (χ1n) is 26.8. The van der Waals surface area contributed by atoms with Crippen molar-refractivity contribution < 1.29 is 60.9 Å². The second kappa shape index (κ2) is 25.3. The summed E-state index contributed by atoms with van der Waals surface area (Å²) in [5, 5.41) is 1.31. The van der Waals surface area contributed by atoms with Crippen LogP contribution in [0.15, 0.2) is 90.3 Å². The average molecular weight is 1120 g/mol. The van der Waals surface area contributed by atoms with E-state index < -0.39 is 30.7 Å². The predicted octanol–water partition coefficient (Wildman–Crippen LogP) is 15.3. The van der Waals surface area contributed by atoms with Crippen LogP contribution >= 0.6 is 19.2 Å². The summed E-state index contributed by atoms with van der Waals surface area (Å²) in [6.07, 6.45) is 15.1. The fraction of sp³-hybridized carbons (Fsp3) is 0.413. The van der Waals surface area contributed by atoms with Gasteiger partial charge in [-0.2, -0.15) is 0 Å². The van der Waals surface area contributed by atoms with Crippen molar-refractivity contribution in [1.29, 1.82) is 0 Å². The quantitative estimate of drug-likeness (QED) is 0.0405. The zero-order valence-corrected chi connectivity index (χ0v) is 48.6. The van der Waals surface area contributed by atoms with Gasteiger partial charge in [0.25, 0.3) is 0 Å². The number of methoxy groups -OCH3 is 2. The molecule has 0 unspecified atom stereocenters. The molecule has 0 N–H and O–H groups in total. The third-order valence-corrected chi connectivity index (χ3v) is 16.6. The lowest BCUT2D eigenvalue weighted by Gasteiger charge is -2.25. The molecule has 0 spiro atoms. The lowest BCUT2D eigenvalue weighted by Crippen LogP contribution is -2.24. The van der Waals surface area contributed by atoms with Crippen molar-refractivity contribution >= 4 is 77.5 Å². The van der Waals surface area contributed by atoms with Gasteiger partial charge in [-0.05, 0) is 185 Å². The average Bonchev–Trinajstić information content (AvgIpc) is 3.93. The van der Waals surface area contributed by atoms with Crippen LogP contribution in [0.5, 0.6) is 0 Å². The summed E-state index contributed by atoms with van der Waals surface area (Å²) in [5.41, 5.74) is 11.4. The van der Waals surface area contributed by atoms with Gasteiger partial charge in [0, 0.05) is 41.3 Å². The van der Waals surface area contributed by atoms with E-state index in [0.29, 0.717) is 51.1 Å². The number of nitrogens with zero attached hydrogens (tertiary/aromatic N) is 1. The fourth-order valence-corrected chi connectivity index (χ4v) is 12.2. The zero-order valence-electron chi connectivity index (χ0n) is 47.0. The SMILES string of the molecule is C=C(C(=O)OC)P(=O)(OC)OC.CC(C)(C)OC(=O)c1ccc2c(c1)CC(c1ccc(Cl)cc1C=O)=C2C1CCCCC1.COC(=O)C1=Cc2cc(F)ccc2-c2c(C3CCCCC3)c3ccc(C(=O)OC(C)(C)C)cc3n2C1. The van der Waals surface area contributed by atoms with Crippen molar-refractivity contribution in [3.8, 4) is 11.3 Å². The Morgan fingerprint density at radius 2 is 1.27 bits per heavy atom. The molecule has 5 aromatic rings. The van der Waals surface area contributed by atoms with E-state index in [1.54, 1.807) is 18.2 Å². The predicted molar refractivity (Wildman–Crippen MR) is 307 cm³/mol. The summed E-state index contributed by atoms with van der Waals surface area (Å²) in [7, 11) is 1.32. The molecule has 0 atom stereocenters. The van der Waals surface area contributed by atoms with Gasteiger partial charge >= 0.3 is 31.5 Å². The van der Waals surface area contributed by atoms with Crippen LogP contribution in [0.3, 0.4) is 0 Å². The molecule has 0 bridgehead atoms. The van der Waals surface area contributed by atoms with Crippen LogP contribution in [0.1, 0.15) is 171 Å². The summed E-state index contributed by atoms with van der Waals surface area (Å²) < 4.78 is 57.4. The molecule has 2 heterocycles. The highest BCUT2D eigenvalue weighted by atomic mass is 35.5. The van der Waals surface area contributed by atoms with Gasteiger partial charge in [-0.1, -0.05) is 74.9 Å². The van der Waals surface area contributed by atoms with E-state index in [9.17, 15) is 32.9 Å². The zero-order chi connectivity index (χ0) is 57.6. The number of ether oxygens (including phenoxy) is 4. The number of fused-ring (bicyclic) bond motifs is 6. The van der Waals surface area contributed by atoms with Gasteiger partial charge < -0.3 is 32.6 Å². The van der Waals surface area contributed by atoms with E-state index >= 15 is 0 Å². The molecule has 1 aliphatic heterocycles. The number of esters is 4. The minimum Gasteiger partial charge on any atom is -0.466 e. The maximum Gasteiger partial charge on any atom is 0.367 e. The van der Waals surface area contributed by atoms with Crippen molar-refractivity contribution in [3.63, 3.8) is 0 Å². The molecule has 0 saturated heterocycles. The number of halogens is 2. The number of aromatic nitrogens is 1. The molecule has 2 fully saturated rings. The molecule has 2 saturated carbocycles. The molecule has 79 heavy (non-hydrogen) atoms. The first kappa shape index (κ1) is 60.2. The standard InChI is InChI=1S/C30H32FNO4.C27H29ClO3.C6H11O5P/c1-30(2,3)36-29(34)19-10-12-24-25(16-19)32-17-21(28(33)35-4)14-20-15-22(31)11-13-23(20)27(32)26(24)18-8-6-5-7-9-18;1-27(2,3)31-26(30)18-9-11-23-19(13-18)15-24(25(23)17-7-5-4-6-8-17)22-12-10-21(28)14-20(22)16-29;1-5(6(7)9-2)12(8,10-3)11-4/h10-16,18H,5-9,17H2,1-4H3;9-14,16-17H,4-8,15H2,1-3H3;1H2,2-4H3. The number of rotatable bonds is 11. The Bertz CT molecular complexity index is 3280. The molecule has 4 aliphatic rings. The largest absolute Gasteiger partial charge is 0.466 e. The summed E-state index contributed by atoms with van der Waals surface area (Å²) in [6, 6.07) is 21.9. The number of carbonyl (C=O) groups excluding carboxylic acids is 5. The van der Waals surface area contributed by atoms with Gasteiger partial charge in [0.05, 0.1) is 43.2 Å². The van der Waals surface area contributed by atoms with E-state index in [-0.39, 0.29) is 29.6 Å². The Morgan fingerprint density at radius 3 is 1.84 bits per heavy atom. The third-order valence-electron chi connectivity index (χ3n) is 14.6. The summed E-state index contributed by atoms with van der Waals surface area (Å²) >= 11 is 6.16. The van der Waals surface area contributed by atoms with E-state index in [1.165, 1.54) is 81.4 Å². The van der Waals surface area contributed by atoms with Gasteiger partial charge in [0.15, 0.2) is 6.29 Å². The maximum atomic E-state index is 14.3. The van der Waals surface area contributed by atoms with Crippen molar-refractivity contribution in [2.45, 2.75) is 136 Å². The molecule has 0 amide bonds. The Hall–Kier alpha value is -6.44. The minimum absolute atomic E-state index is 0.263. The van der Waals surface area contributed by atoms with Crippen molar-refractivity contribution in [2.75, 3.05) is 28.4 Å². The van der Waals surface area contributed by atoms with Crippen LogP contribution in [-0.2, 0) is 55.1 Å². The first-order valence-corrected chi connectivity index (χ1v) is 28.7. The molecule has 16 heteroatoms. The monoisotopic (exact) mass is 1120 g/mol. The molecular weight excluding hydrogens is 1050 g/mol. The summed E-state index contributed by atoms with van der Waals surface area (Å²) in [6.45, 7) is 14.7. The third kappa shape index (κ3) is 13.9. The van der Waals surface area contributed by atoms with Crippen LogP contribution in [-0.4, -0.2) is 74.4 Å². The normalized spacial score (nSPS) is 15.6. The Balaban J connectivity index is 0.000000192. The maximum absolute atomic E-state index is 14.3. The minimum atomic E-state index is -3.51. The van der Waals surface area contributed by atoms with Gasteiger partial charge in [0.1, 0.15) is 22.3 Å². The molecule has 1 aromatic heterocycles. The summed E-state index contributed by atoms with van der Waals surface area (Å²) in [4.78, 5) is 61.0. The number of allylic oxidation sites excluding steroid dienone is 2. The second-order valence-electron chi connectivity index (χ2n) is 22.2. The van der Waals surface area contributed by atoms with Crippen molar-refractivity contribution in [2.24, 2.45) is 5.92 Å². The fourth-order valence-electron chi connectivity index (χ4n) is 11.1. The number of aldehydes is 1. The van der Waals surface area contributed by atoms with Crippen molar-refractivity contribution in [1.82, 2.24) is 4.57 Å². The Kier molecular flexibility index (Phi) is 19.3. The van der Waals surface area contributed by atoms with E-state index in [4.69, 9.17) is 25.8 Å². The van der Waals surface area contributed by atoms with Gasteiger partial charge in [-0.15, -0.1) is 0 Å². The van der Waals surface area contributed by atoms with Gasteiger partial charge in [-0.25, -0.2) is 23.6 Å². The van der Waals surface area contributed by atoms with Gasteiger partial charge in [0.2, 0.25) is 0 Å². The highest BCUT2D eigenvalue weighted by molar-refractivity contribution is 7.59. The molecule has 420 valence electrons. The van der Waals surface area contributed by atoms with Crippen LogP contribution in [0.4, 0.5) is 4.39 Å². The lowest BCUT2D eigenvalue weighted by atomic mass is 9.79. The summed E-state index contributed by atoms with van der Waals surface area (Å²) in [5.74, 6) is -1.48. The highest BCUT2D eigenvalue weighted by Crippen LogP contribution is 2.54. The van der Waals surface area contributed by atoms with E-state index in [2.05, 4.69) is 31.0 Å². The van der Waals surface area contributed by atoms with E-state index in [1.807, 2.05) is 84.0 Å². The van der Waals surface area contributed by atoms with Gasteiger partial charge in [-0.3, -0.25) is 9.36 Å². The smallest absolute Gasteiger partial charge is 0.367 e. The lowest BCUT2D eigenvalue weighted by molar-refractivity contribution is -0.136. The van der Waals surface area contributed by atoms with Crippen LogP contribution < -0.4 is 0 Å². The number of hydrogen-bond donors (Lipinski definition) is 0. The Morgan fingerprint density at radius 1 is 0.696 bits per heavy atom.